The highest BCUT2D eigenvalue weighted by molar-refractivity contribution is 5.76. The second-order valence-corrected chi connectivity index (χ2v) is 17.0. The quantitative estimate of drug-likeness (QED) is 0.0367. The molecule has 1 amide bonds. The second-order valence-electron chi connectivity index (χ2n) is 17.0. The van der Waals surface area contributed by atoms with Gasteiger partial charge in [0.1, 0.15) is 6.10 Å². The van der Waals surface area contributed by atoms with E-state index in [1.165, 1.54) is 205 Å². The lowest BCUT2D eigenvalue weighted by atomic mass is 9.99. The number of hydrogen-bond acceptors (Lipinski definition) is 4. The standard InChI is InChI=1S/C49H97NO4/c1-3-5-7-9-11-13-15-17-19-21-23-24-26-28-30-32-34-36-38-40-42-44-48(53)50-46(45-51)49(54)47(52)43-41-39-37-35-33-31-29-27-25-22-20-18-16-14-12-10-8-6-4-2/h24,26,46-47,49,51-52,54H,3-23,25,27-45H2,1-2H3,(H,50,53)/b26-24-. The molecule has 0 spiro atoms. The molecule has 0 saturated carbocycles. The van der Waals surface area contributed by atoms with Crippen LogP contribution < -0.4 is 5.32 Å². The Bertz CT molecular complexity index is 758. The molecule has 3 unspecified atom stereocenters. The van der Waals surface area contributed by atoms with E-state index in [1.54, 1.807) is 0 Å². The van der Waals surface area contributed by atoms with Crippen molar-refractivity contribution in [3.8, 4) is 0 Å². The van der Waals surface area contributed by atoms with Gasteiger partial charge in [-0.05, 0) is 38.5 Å². The van der Waals surface area contributed by atoms with Crippen molar-refractivity contribution in [1.82, 2.24) is 5.32 Å². The monoisotopic (exact) mass is 764 g/mol. The summed E-state index contributed by atoms with van der Waals surface area (Å²) >= 11 is 0. The molecule has 0 radical (unpaired) electrons. The van der Waals surface area contributed by atoms with Crippen LogP contribution in [0.25, 0.3) is 0 Å². The van der Waals surface area contributed by atoms with Gasteiger partial charge in [0.25, 0.3) is 0 Å². The van der Waals surface area contributed by atoms with Crippen LogP contribution in [0, 0.1) is 0 Å². The van der Waals surface area contributed by atoms with Crippen LogP contribution in [0.2, 0.25) is 0 Å². The highest BCUT2D eigenvalue weighted by Crippen LogP contribution is 2.17. The number of unbranched alkanes of at least 4 members (excludes halogenated alkanes) is 35. The number of allylic oxidation sites excluding steroid dienone is 2. The Hall–Kier alpha value is -0.910. The molecule has 322 valence electrons. The number of aliphatic hydroxyl groups excluding tert-OH is 3. The minimum Gasteiger partial charge on any atom is -0.394 e. The first-order valence-corrected chi connectivity index (χ1v) is 24.5. The molecule has 5 heteroatoms. The SMILES string of the molecule is CCCCCCCCCCCC/C=C\CCCCCCCCCC(=O)NC(CO)C(O)C(O)CCCCCCCCCCCCCCCCCCCCC. The van der Waals surface area contributed by atoms with Crippen LogP contribution in [-0.2, 0) is 4.79 Å². The minimum atomic E-state index is -1.14. The first-order chi connectivity index (χ1) is 26.6. The molecule has 0 fully saturated rings. The van der Waals surface area contributed by atoms with E-state index in [2.05, 4.69) is 31.3 Å². The number of rotatable bonds is 45. The Labute approximate surface area is 338 Å². The third-order valence-corrected chi connectivity index (χ3v) is 11.6. The zero-order chi connectivity index (χ0) is 39.4. The van der Waals surface area contributed by atoms with Gasteiger partial charge in [-0.25, -0.2) is 0 Å². The summed E-state index contributed by atoms with van der Waals surface area (Å²) in [5.74, 6) is -0.145. The summed E-state index contributed by atoms with van der Waals surface area (Å²) < 4.78 is 0. The van der Waals surface area contributed by atoms with Gasteiger partial charge in [-0.3, -0.25) is 4.79 Å². The average Bonchev–Trinajstić information content (AvgIpc) is 3.18. The van der Waals surface area contributed by atoms with Gasteiger partial charge in [0, 0.05) is 6.42 Å². The van der Waals surface area contributed by atoms with E-state index in [0.717, 1.165) is 38.5 Å². The first-order valence-electron chi connectivity index (χ1n) is 24.5. The zero-order valence-electron chi connectivity index (χ0n) is 36.6. The number of carbonyl (C=O) groups excluding carboxylic acids is 1. The smallest absolute Gasteiger partial charge is 0.220 e. The van der Waals surface area contributed by atoms with Crippen molar-refractivity contribution in [2.75, 3.05) is 6.61 Å². The molecule has 54 heavy (non-hydrogen) atoms. The van der Waals surface area contributed by atoms with Gasteiger partial charge in [-0.2, -0.15) is 0 Å². The first kappa shape index (κ1) is 53.1. The molecule has 0 aliphatic heterocycles. The lowest BCUT2D eigenvalue weighted by Crippen LogP contribution is -2.50. The fraction of sp³-hybridized carbons (Fsp3) is 0.939. The molecule has 4 N–H and O–H groups in total. The molecule has 0 aromatic carbocycles. The van der Waals surface area contributed by atoms with Crippen LogP contribution in [0.15, 0.2) is 12.2 Å². The summed E-state index contributed by atoms with van der Waals surface area (Å²) in [5, 5.41) is 33.7. The van der Waals surface area contributed by atoms with Gasteiger partial charge in [0.2, 0.25) is 5.91 Å². The number of hydrogen-bond donors (Lipinski definition) is 4. The third kappa shape index (κ3) is 39.3. The Balaban J connectivity index is 3.58. The maximum Gasteiger partial charge on any atom is 0.220 e. The minimum absolute atomic E-state index is 0.145. The van der Waals surface area contributed by atoms with E-state index >= 15 is 0 Å². The van der Waals surface area contributed by atoms with E-state index in [4.69, 9.17) is 0 Å². The molecule has 0 aliphatic carbocycles. The van der Waals surface area contributed by atoms with Crippen molar-refractivity contribution < 1.29 is 20.1 Å². The Kier molecular flexibility index (Phi) is 44.0. The van der Waals surface area contributed by atoms with Crippen molar-refractivity contribution in [1.29, 1.82) is 0 Å². The fourth-order valence-electron chi connectivity index (χ4n) is 7.81. The summed E-state index contributed by atoms with van der Waals surface area (Å²) in [5.41, 5.74) is 0. The maximum absolute atomic E-state index is 12.5. The van der Waals surface area contributed by atoms with Gasteiger partial charge >= 0.3 is 0 Å². The second kappa shape index (κ2) is 44.8. The molecule has 0 bridgehead atoms. The van der Waals surface area contributed by atoms with E-state index in [0.29, 0.717) is 12.8 Å². The zero-order valence-corrected chi connectivity index (χ0v) is 36.6. The van der Waals surface area contributed by atoms with Crippen molar-refractivity contribution in [2.45, 2.75) is 289 Å². The average molecular weight is 764 g/mol. The highest BCUT2D eigenvalue weighted by atomic mass is 16.3. The number of aliphatic hydroxyl groups is 3. The Morgan fingerprint density at radius 3 is 1.07 bits per heavy atom. The molecule has 0 rings (SSSR count). The molecule has 3 atom stereocenters. The van der Waals surface area contributed by atoms with Crippen molar-refractivity contribution >= 4 is 5.91 Å². The third-order valence-electron chi connectivity index (χ3n) is 11.6. The van der Waals surface area contributed by atoms with Crippen LogP contribution in [0.1, 0.15) is 271 Å². The summed E-state index contributed by atoms with van der Waals surface area (Å²) in [7, 11) is 0. The van der Waals surface area contributed by atoms with Crippen molar-refractivity contribution in [3.63, 3.8) is 0 Å². The van der Waals surface area contributed by atoms with Gasteiger partial charge in [0.15, 0.2) is 0 Å². The summed E-state index contributed by atoms with van der Waals surface area (Å²) in [4.78, 5) is 12.5. The van der Waals surface area contributed by atoms with Crippen LogP contribution in [0.5, 0.6) is 0 Å². The van der Waals surface area contributed by atoms with Crippen molar-refractivity contribution in [2.24, 2.45) is 0 Å². The fourth-order valence-corrected chi connectivity index (χ4v) is 7.81. The van der Waals surface area contributed by atoms with E-state index in [9.17, 15) is 20.1 Å². The van der Waals surface area contributed by atoms with E-state index < -0.39 is 18.2 Å². The molecule has 0 aliphatic rings. The molecular formula is C49H97NO4. The molecule has 5 nitrogen and oxygen atoms in total. The number of amides is 1. The van der Waals surface area contributed by atoms with Crippen molar-refractivity contribution in [3.05, 3.63) is 12.2 Å². The molecule has 0 aromatic rings. The topological polar surface area (TPSA) is 89.8 Å². The largest absolute Gasteiger partial charge is 0.394 e. The van der Waals surface area contributed by atoms with Gasteiger partial charge in [-0.15, -0.1) is 0 Å². The van der Waals surface area contributed by atoms with Crippen LogP contribution in [0.3, 0.4) is 0 Å². The van der Waals surface area contributed by atoms with Crippen LogP contribution in [-0.4, -0.2) is 46.1 Å². The van der Waals surface area contributed by atoms with Gasteiger partial charge in [0.05, 0.1) is 18.8 Å². The number of carbonyl (C=O) groups is 1. The Morgan fingerprint density at radius 1 is 0.444 bits per heavy atom. The summed E-state index contributed by atoms with van der Waals surface area (Å²) in [6.07, 6.45) is 53.3. The lowest BCUT2D eigenvalue weighted by molar-refractivity contribution is -0.124. The number of nitrogens with one attached hydrogen (secondary N) is 1. The predicted octanol–water partition coefficient (Wildman–Crippen LogP) is 14.4. The Morgan fingerprint density at radius 2 is 0.741 bits per heavy atom. The van der Waals surface area contributed by atoms with Gasteiger partial charge in [-0.1, -0.05) is 238 Å². The maximum atomic E-state index is 12.5. The normalized spacial score (nSPS) is 13.5. The van der Waals surface area contributed by atoms with Crippen LogP contribution >= 0.6 is 0 Å². The highest BCUT2D eigenvalue weighted by Gasteiger charge is 2.26. The molecular weight excluding hydrogens is 667 g/mol. The molecule has 0 aromatic heterocycles. The van der Waals surface area contributed by atoms with Crippen LogP contribution in [0.4, 0.5) is 0 Å². The summed E-state index contributed by atoms with van der Waals surface area (Å²) in [6, 6.07) is -0.809. The summed E-state index contributed by atoms with van der Waals surface area (Å²) in [6.45, 7) is 4.20. The predicted molar refractivity (Wildman–Crippen MR) is 236 cm³/mol. The van der Waals surface area contributed by atoms with Gasteiger partial charge < -0.3 is 20.6 Å². The van der Waals surface area contributed by atoms with E-state index in [-0.39, 0.29) is 12.5 Å². The van der Waals surface area contributed by atoms with E-state index in [1.807, 2.05) is 0 Å². The molecule has 0 saturated heterocycles. The molecule has 0 heterocycles. The lowest BCUT2D eigenvalue weighted by Gasteiger charge is -2.26.